The molecule has 2 amide bonds. The first kappa shape index (κ1) is 34.5. The predicted molar refractivity (Wildman–Crippen MR) is 162 cm³/mol. The van der Waals surface area contributed by atoms with Crippen LogP contribution in [0.1, 0.15) is 37.0 Å². The van der Waals surface area contributed by atoms with Gasteiger partial charge in [0.2, 0.25) is 11.8 Å². The van der Waals surface area contributed by atoms with E-state index in [0.29, 0.717) is 15.9 Å². The molecule has 1 atom stereocenters. The summed E-state index contributed by atoms with van der Waals surface area (Å²) in [4.78, 5) is 27.9. The summed E-state index contributed by atoms with van der Waals surface area (Å²) < 4.78 is 69.7. The Morgan fingerprint density at radius 3 is 2.09 bits per heavy atom. The van der Waals surface area contributed by atoms with Gasteiger partial charge in [-0.3, -0.25) is 13.9 Å². The van der Waals surface area contributed by atoms with Gasteiger partial charge in [-0.25, -0.2) is 8.42 Å². The zero-order valence-corrected chi connectivity index (χ0v) is 26.5. The summed E-state index contributed by atoms with van der Waals surface area (Å²) in [6.45, 7) is 4.28. The Balaban J connectivity index is 2.16. The number of hydrogen-bond donors (Lipinski definition) is 1. The summed E-state index contributed by atoms with van der Waals surface area (Å²) in [5.74, 6) is -1.33. The van der Waals surface area contributed by atoms with Crippen molar-refractivity contribution in [2.24, 2.45) is 0 Å². The van der Waals surface area contributed by atoms with Crippen LogP contribution in [0.15, 0.2) is 65.6 Å². The number of anilines is 1. The van der Waals surface area contributed by atoms with Gasteiger partial charge in [0.15, 0.2) is 0 Å². The van der Waals surface area contributed by atoms with E-state index in [2.05, 4.69) is 5.32 Å². The molecule has 0 saturated heterocycles. The maximum absolute atomic E-state index is 14.0. The fourth-order valence-electron chi connectivity index (χ4n) is 4.30. The molecule has 3 aromatic rings. The minimum Gasteiger partial charge on any atom is -0.355 e. The predicted octanol–water partition coefficient (Wildman–Crippen LogP) is 7.11. The SMILES string of the molecule is CCNC(=O)[C@@H](CC)N(Cc1ccc(Cl)c(Cl)c1)C(=O)CN(c1ccc(Cl)c(C(F)(F)F)c1)S(=O)(=O)c1ccc(C)cc1. The summed E-state index contributed by atoms with van der Waals surface area (Å²) in [6.07, 6.45) is -4.75. The van der Waals surface area contributed by atoms with Crippen molar-refractivity contribution in [3.8, 4) is 0 Å². The van der Waals surface area contributed by atoms with Gasteiger partial charge in [0.05, 0.1) is 31.2 Å². The number of aryl methyl sites for hydroxylation is 1. The molecule has 0 spiro atoms. The lowest BCUT2D eigenvalue weighted by Gasteiger charge is -2.33. The van der Waals surface area contributed by atoms with Crippen molar-refractivity contribution in [3.63, 3.8) is 0 Å². The molecule has 232 valence electrons. The second-order valence-electron chi connectivity index (χ2n) is 9.58. The van der Waals surface area contributed by atoms with Crippen LogP contribution in [0.5, 0.6) is 0 Å². The van der Waals surface area contributed by atoms with Crippen LogP contribution in [-0.2, 0) is 32.3 Å². The zero-order valence-electron chi connectivity index (χ0n) is 23.4. The number of carbonyl (C=O) groups excluding carboxylic acids is 2. The third-order valence-corrected chi connectivity index (χ3v) is 9.36. The fourth-order valence-corrected chi connectivity index (χ4v) is 6.25. The number of carbonyl (C=O) groups is 2. The van der Waals surface area contributed by atoms with Gasteiger partial charge in [0, 0.05) is 13.1 Å². The summed E-state index contributed by atoms with van der Waals surface area (Å²) in [6, 6.07) is 11.8. The number of nitrogens with one attached hydrogen (secondary N) is 1. The monoisotopic (exact) mass is 677 g/mol. The quantitative estimate of drug-likeness (QED) is 0.234. The van der Waals surface area contributed by atoms with Gasteiger partial charge in [-0.05, 0) is 68.3 Å². The molecule has 0 aliphatic heterocycles. The van der Waals surface area contributed by atoms with E-state index in [4.69, 9.17) is 34.8 Å². The molecule has 43 heavy (non-hydrogen) atoms. The Bertz CT molecular complexity index is 1590. The lowest BCUT2D eigenvalue weighted by molar-refractivity contribution is -0.140. The largest absolute Gasteiger partial charge is 0.417 e. The van der Waals surface area contributed by atoms with Gasteiger partial charge >= 0.3 is 6.18 Å². The smallest absolute Gasteiger partial charge is 0.355 e. The number of hydrogen-bond acceptors (Lipinski definition) is 4. The van der Waals surface area contributed by atoms with Gasteiger partial charge in [-0.15, -0.1) is 0 Å². The first-order valence-corrected chi connectivity index (χ1v) is 15.6. The summed E-state index contributed by atoms with van der Waals surface area (Å²) in [5, 5.41) is 2.48. The number of amides is 2. The molecule has 0 fully saturated rings. The van der Waals surface area contributed by atoms with Crippen molar-refractivity contribution in [1.29, 1.82) is 0 Å². The highest BCUT2D eigenvalue weighted by Crippen LogP contribution is 2.38. The zero-order chi connectivity index (χ0) is 32.1. The number of sulfonamides is 1. The van der Waals surface area contributed by atoms with Crippen molar-refractivity contribution in [2.45, 2.75) is 50.9 Å². The molecule has 1 N–H and O–H groups in total. The molecule has 3 rings (SSSR count). The molecule has 0 saturated carbocycles. The lowest BCUT2D eigenvalue weighted by atomic mass is 10.1. The van der Waals surface area contributed by atoms with Crippen molar-refractivity contribution in [2.75, 3.05) is 17.4 Å². The Hall–Kier alpha value is -2.99. The van der Waals surface area contributed by atoms with Crippen molar-refractivity contribution < 1.29 is 31.2 Å². The number of likely N-dealkylation sites (N-methyl/N-ethyl adjacent to an activating group) is 1. The maximum atomic E-state index is 14.0. The molecular weight excluding hydrogens is 650 g/mol. The number of benzene rings is 3. The second-order valence-corrected chi connectivity index (χ2v) is 12.7. The normalized spacial score (nSPS) is 12.5. The molecule has 7 nitrogen and oxygen atoms in total. The molecule has 0 aliphatic carbocycles. The average Bonchev–Trinajstić information content (AvgIpc) is 2.93. The summed E-state index contributed by atoms with van der Waals surface area (Å²) in [7, 11) is -4.59. The van der Waals surface area contributed by atoms with E-state index in [0.717, 1.165) is 17.7 Å². The van der Waals surface area contributed by atoms with E-state index in [1.807, 2.05) is 0 Å². The molecule has 0 aromatic heterocycles. The van der Waals surface area contributed by atoms with E-state index in [1.165, 1.54) is 41.3 Å². The van der Waals surface area contributed by atoms with Crippen LogP contribution < -0.4 is 9.62 Å². The Morgan fingerprint density at radius 1 is 0.907 bits per heavy atom. The summed E-state index contributed by atoms with van der Waals surface area (Å²) >= 11 is 18.0. The van der Waals surface area contributed by atoms with Crippen molar-refractivity contribution in [1.82, 2.24) is 10.2 Å². The number of alkyl halides is 3. The molecule has 0 unspecified atom stereocenters. The molecule has 0 bridgehead atoms. The van der Waals surface area contributed by atoms with Gasteiger partial charge in [0.25, 0.3) is 10.0 Å². The van der Waals surface area contributed by atoms with Crippen LogP contribution in [0.25, 0.3) is 0 Å². The standard InChI is InChI=1S/C29H29Cl3F3N3O4S/c1-4-26(28(40)36-5-2)37(16-19-8-12-24(31)25(32)14-19)27(39)17-38(43(41,42)21-10-6-18(3)7-11-21)20-9-13-23(30)22(15-20)29(33,34)35/h6-15,26H,4-5,16-17H2,1-3H3,(H,36,40)/t26-/m1/s1. The highest BCUT2D eigenvalue weighted by atomic mass is 35.5. The Labute approximate surface area is 263 Å². The Kier molecular flexibility index (Phi) is 11.4. The molecule has 3 aromatic carbocycles. The highest BCUT2D eigenvalue weighted by molar-refractivity contribution is 7.92. The minimum absolute atomic E-state index is 0.156. The van der Waals surface area contributed by atoms with Crippen molar-refractivity contribution in [3.05, 3.63) is 92.4 Å². The van der Waals surface area contributed by atoms with Gasteiger partial charge in [-0.1, -0.05) is 65.5 Å². The Morgan fingerprint density at radius 2 is 1.53 bits per heavy atom. The van der Waals surface area contributed by atoms with Gasteiger partial charge in [0.1, 0.15) is 12.6 Å². The molecule has 14 heteroatoms. The summed E-state index contributed by atoms with van der Waals surface area (Å²) in [5.41, 5.74) is -0.479. The molecule has 0 radical (unpaired) electrons. The van der Waals surface area contributed by atoms with E-state index in [1.54, 1.807) is 26.8 Å². The van der Waals surface area contributed by atoms with Crippen LogP contribution in [0.2, 0.25) is 15.1 Å². The number of halogens is 6. The topological polar surface area (TPSA) is 86.8 Å². The van der Waals surface area contributed by atoms with Crippen LogP contribution in [0, 0.1) is 6.92 Å². The average molecular weight is 679 g/mol. The number of rotatable bonds is 11. The van der Waals surface area contributed by atoms with E-state index < -0.39 is 56.9 Å². The van der Waals surface area contributed by atoms with E-state index in [9.17, 15) is 31.2 Å². The highest BCUT2D eigenvalue weighted by Gasteiger charge is 2.37. The van der Waals surface area contributed by atoms with Crippen LogP contribution >= 0.6 is 34.8 Å². The van der Waals surface area contributed by atoms with E-state index >= 15 is 0 Å². The maximum Gasteiger partial charge on any atom is 0.417 e. The fraction of sp³-hybridized carbons (Fsp3) is 0.310. The third-order valence-electron chi connectivity index (χ3n) is 6.51. The van der Waals surface area contributed by atoms with Crippen molar-refractivity contribution >= 4 is 62.3 Å². The number of nitrogens with zero attached hydrogens (tertiary/aromatic N) is 2. The molecule has 0 aliphatic rings. The second kappa shape index (κ2) is 14.2. The first-order chi connectivity index (χ1) is 20.1. The van der Waals surface area contributed by atoms with Gasteiger partial charge < -0.3 is 10.2 Å². The molecular formula is C29H29Cl3F3N3O4S. The lowest BCUT2D eigenvalue weighted by Crippen LogP contribution is -2.52. The third kappa shape index (κ3) is 8.35. The van der Waals surface area contributed by atoms with Gasteiger partial charge in [-0.2, -0.15) is 13.2 Å². The minimum atomic E-state index is -4.90. The van der Waals surface area contributed by atoms with Crippen LogP contribution in [0.4, 0.5) is 18.9 Å². The molecule has 0 heterocycles. The van der Waals surface area contributed by atoms with E-state index in [-0.39, 0.29) is 34.5 Å². The van der Waals surface area contributed by atoms with Crippen LogP contribution in [0.3, 0.4) is 0 Å². The van der Waals surface area contributed by atoms with Crippen LogP contribution in [-0.4, -0.2) is 44.3 Å². The first-order valence-electron chi connectivity index (χ1n) is 13.1.